The Kier molecular flexibility index (Phi) is 3.24. The minimum Gasteiger partial charge on any atom is -0.327 e. The zero-order valence-electron chi connectivity index (χ0n) is 7.93. The molecule has 82 valence electrons. The third-order valence-corrected chi connectivity index (χ3v) is 2.87. The van der Waals surface area contributed by atoms with Gasteiger partial charge in [0.25, 0.3) is 5.56 Å². The highest BCUT2D eigenvalue weighted by Crippen LogP contribution is 2.29. The molecule has 1 aromatic heterocycles. The predicted octanol–water partition coefficient (Wildman–Crippen LogP) is 4.00. The summed E-state index contributed by atoms with van der Waals surface area (Å²) in [5, 5.41) is 1.40. The smallest absolute Gasteiger partial charge is 0.255 e. The molecule has 1 heterocycles. The highest BCUT2D eigenvalue weighted by Gasteiger charge is 2.08. The average Bonchev–Trinajstić information content (AvgIpc) is 2.25. The summed E-state index contributed by atoms with van der Waals surface area (Å²) in [6.45, 7) is 0. The Morgan fingerprint density at radius 2 is 1.62 bits per heavy atom. The van der Waals surface area contributed by atoms with E-state index in [-0.39, 0.29) is 5.56 Å². The molecule has 0 fully saturated rings. The number of benzene rings is 1. The number of hydrogen-bond acceptors (Lipinski definition) is 1. The molecule has 1 aromatic carbocycles. The highest BCUT2D eigenvalue weighted by molar-refractivity contribution is 6.35. The van der Waals surface area contributed by atoms with Crippen molar-refractivity contribution in [1.82, 2.24) is 4.98 Å². The molecule has 5 heteroatoms. The molecule has 0 aliphatic carbocycles. The Labute approximate surface area is 107 Å². The summed E-state index contributed by atoms with van der Waals surface area (Å²) >= 11 is 17.7. The summed E-state index contributed by atoms with van der Waals surface area (Å²) in [6, 6.07) is 6.48. The minimum atomic E-state index is -0.256. The lowest BCUT2D eigenvalue weighted by atomic mass is 10.1. The van der Waals surface area contributed by atoms with Crippen LogP contribution in [0.2, 0.25) is 15.1 Å². The standard InChI is InChI=1S/C11H6Cl3NO/c12-6-1-2-10(14)8(3-6)9-4-7(13)5-15-11(9)16/h1-5H,(H,15,16). The Morgan fingerprint density at radius 1 is 0.938 bits per heavy atom. The van der Waals surface area contributed by atoms with Crippen LogP contribution in [-0.4, -0.2) is 4.98 Å². The third kappa shape index (κ3) is 2.24. The van der Waals surface area contributed by atoms with Gasteiger partial charge in [-0.1, -0.05) is 34.8 Å². The molecule has 2 rings (SSSR count). The number of nitrogens with one attached hydrogen (secondary N) is 1. The van der Waals surface area contributed by atoms with Gasteiger partial charge in [0.15, 0.2) is 0 Å². The van der Waals surface area contributed by atoms with Crippen molar-refractivity contribution in [1.29, 1.82) is 0 Å². The van der Waals surface area contributed by atoms with E-state index in [0.29, 0.717) is 26.2 Å². The van der Waals surface area contributed by atoms with Gasteiger partial charge in [0.05, 0.1) is 5.02 Å². The molecular weight excluding hydrogens is 268 g/mol. The van der Waals surface area contributed by atoms with Crippen molar-refractivity contribution in [3.05, 3.63) is 55.9 Å². The molecule has 16 heavy (non-hydrogen) atoms. The summed E-state index contributed by atoms with van der Waals surface area (Å²) in [4.78, 5) is 14.1. The van der Waals surface area contributed by atoms with Gasteiger partial charge < -0.3 is 4.98 Å². The maximum Gasteiger partial charge on any atom is 0.255 e. The van der Waals surface area contributed by atoms with Crippen LogP contribution in [0.3, 0.4) is 0 Å². The predicted molar refractivity (Wildman–Crippen MR) is 67.5 cm³/mol. The molecule has 0 aliphatic heterocycles. The molecule has 0 unspecified atom stereocenters. The van der Waals surface area contributed by atoms with Crippen molar-refractivity contribution < 1.29 is 0 Å². The molecule has 1 N–H and O–H groups in total. The molecule has 0 bridgehead atoms. The lowest BCUT2D eigenvalue weighted by molar-refractivity contribution is 1.24. The van der Waals surface area contributed by atoms with Gasteiger partial charge >= 0.3 is 0 Å². The largest absolute Gasteiger partial charge is 0.327 e. The number of halogens is 3. The van der Waals surface area contributed by atoms with E-state index in [0.717, 1.165) is 0 Å². The maximum atomic E-state index is 11.6. The number of H-pyrrole nitrogens is 1. The van der Waals surface area contributed by atoms with Gasteiger partial charge in [-0.25, -0.2) is 0 Å². The van der Waals surface area contributed by atoms with E-state index in [1.165, 1.54) is 6.20 Å². The van der Waals surface area contributed by atoms with Crippen molar-refractivity contribution >= 4 is 34.8 Å². The van der Waals surface area contributed by atoms with Crippen molar-refractivity contribution in [3.8, 4) is 11.1 Å². The molecule has 2 nitrogen and oxygen atoms in total. The van der Waals surface area contributed by atoms with E-state index in [4.69, 9.17) is 34.8 Å². The van der Waals surface area contributed by atoms with Gasteiger partial charge in [-0.3, -0.25) is 4.79 Å². The first kappa shape index (κ1) is 11.5. The second-order valence-corrected chi connectivity index (χ2v) is 4.46. The van der Waals surface area contributed by atoms with Crippen molar-refractivity contribution in [2.75, 3.05) is 0 Å². The molecule has 0 radical (unpaired) electrons. The zero-order chi connectivity index (χ0) is 11.7. The van der Waals surface area contributed by atoms with Gasteiger partial charge in [0, 0.05) is 27.4 Å². The second kappa shape index (κ2) is 4.50. The van der Waals surface area contributed by atoms with Crippen LogP contribution in [-0.2, 0) is 0 Å². The normalized spacial score (nSPS) is 10.4. The second-order valence-electron chi connectivity index (χ2n) is 3.18. The first-order chi connectivity index (χ1) is 7.58. The van der Waals surface area contributed by atoms with Crippen LogP contribution in [0, 0.1) is 0 Å². The Hall–Kier alpha value is -0.960. The summed E-state index contributed by atoms with van der Waals surface area (Å²) < 4.78 is 0. The van der Waals surface area contributed by atoms with E-state index in [2.05, 4.69) is 4.98 Å². The summed E-state index contributed by atoms with van der Waals surface area (Å²) in [7, 11) is 0. The van der Waals surface area contributed by atoms with Crippen molar-refractivity contribution in [2.45, 2.75) is 0 Å². The lowest BCUT2D eigenvalue weighted by Crippen LogP contribution is -2.07. The number of hydrogen-bond donors (Lipinski definition) is 1. The van der Waals surface area contributed by atoms with E-state index in [1.807, 2.05) is 0 Å². The minimum absolute atomic E-state index is 0.256. The van der Waals surface area contributed by atoms with Crippen LogP contribution in [0.25, 0.3) is 11.1 Å². The Balaban J connectivity index is 2.71. The van der Waals surface area contributed by atoms with Gasteiger partial charge in [0.1, 0.15) is 0 Å². The number of pyridine rings is 1. The van der Waals surface area contributed by atoms with E-state index in [1.54, 1.807) is 24.3 Å². The fourth-order valence-corrected chi connectivity index (χ4v) is 1.92. The fraction of sp³-hybridized carbons (Fsp3) is 0. The monoisotopic (exact) mass is 273 g/mol. The fourth-order valence-electron chi connectivity index (χ4n) is 1.36. The number of aromatic amines is 1. The van der Waals surface area contributed by atoms with E-state index in [9.17, 15) is 4.79 Å². The van der Waals surface area contributed by atoms with Gasteiger partial charge in [-0.05, 0) is 24.3 Å². The number of rotatable bonds is 1. The van der Waals surface area contributed by atoms with Crippen LogP contribution in [0.5, 0.6) is 0 Å². The Bertz CT molecular complexity index is 592. The van der Waals surface area contributed by atoms with Crippen molar-refractivity contribution in [2.24, 2.45) is 0 Å². The van der Waals surface area contributed by atoms with Crippen molar-refractivity contribution in [3.63, 3.8) is 0 Å². The summed E-state index contributed by atoms with van der Waals surface area (Å²) in [6.07, 6.45) is 1.42. The average molecular weight is 275 g/mol. The first-order valence-electron chi connectivity index (χ1n) is 4.41. The molecule has 2 aromatic rings. The van der Waals surface area contributed by atoms with Crippen LogP contribution in [0.4, 0.5) is 0 Å². The van der Waals surface area contributed by atoms with E-state index < -0.39 is 0 Å². The maximum absolute atomic E-state index is 11.6. The molecule has 0 saturated carbocycles. The Morgan fingerprint density at radius 3 is 2.38 bits per heavy atom. The van der Waals surface area contributed by atoms with Crippen LogP contribution in [0.15, 0.2) is 35.3 Å². The summed E-state index contributed by atoms with van der Waals surface area (Å²) in [5.74, 6) is 0. The number of aromatic nitrogens is 1. The molecule has 0 aliphatic rings. The van der Waals surface area contributed by atoms with Crippen LogP contribution < -0.4 is 5.56 Å². The molecule has 0 amide bonds. The SMILES string of the molecule is O=c1[nH]cc(Cl)cc1-c1cc(Cl)ccc1Cl. The lowest BCUT2D eigenvalue weighted by Gasteiger charge is -2.04. The highest BCUT2D eigenvalue weighted by atomic mass is 35.5. The summed E-state index contributed by atoms with van der Waals surface area (Å²) in [5.41, 5.74) is 0.714. The van der Waals surface area contributed by atoms with Gasteiger partial charge in [-0.2, -0.15) is 0 Å². The van der Waals surface area contributed by atoms with E-state index >= 15 is 0 Å². The van der Waals surface area contributed by atoms with Crippen LogP contribution in [0.1, 0.15) is 0 Å². The topological polar surface area (TPSA) is 32.9 Å². The third-order valence-electron chi connectivity index (χ3n) is 2.09. The molecule has 0 spiro atoms. The quantitative estimate of drug-likeness (QED) is 0.837. The molecular formula is C11H6Cl3NO. The first-order valence-corrected chi connectivity index (χ1v) is 5.55. The zero-order valence-corrected chi connectivity index (χ0v) is 10.2. The molecule has 0 atom stereocenters. The van der Waals surface area contributed by atoms with Gasteiger partial charge in [0.2, 0.25) is 0 Å². The molecule has 0 saturated heterocycles. The van der Waals surface area contributed by atoms with Gasteiger partial charge in [-0.15, -0.1) is 0 Å². The van der Waals surface area contributed by atoms with Crippen LogP contribution >= 0.6 is 34.8 Å².